The summed E-state index contributed by atoms with van der Waals surface area (Å²) in [5, 5.41) is 0.596. The number of hydrogen-bond acceptors (Lipinski definition) is 8. The minimum absolute atomic E-state index is 0.154. The normalized spacial score (nSPS) is 19.2. The predicted octanol–water partition coefficient (Wildman–Crippen LogP) is 3.98. The van der Waals surface area contributed by atoms with Crippen LogP contribution in [0.5, 0.6) is 5.75 Å². The lowest BCUT2D eigenvalue weighted by Crippen LogP contribution is -2.48. The van der Waals surface area contributed by atoms with Crippen LogP contribution in [0.2, 0.25) is 0 Å². The highest BCUT2D eigenvalue weighted by atomic mass is 79.9. The number of hydrogen-bond donors (Lipinski definition) is 0. The molecular weight excluding hydrogens is 592 g/mol. The average molecular weight is 624 g/mol. The van der Waals surface area contributed by atoms with Gasteiger partial charge in [-0.3, -0.25) is 14.6 Å². The second-order valence-electron chi connectivity index (χ2n) is 9.36. The molecule has 1 aromatic heterocycles. The third-order valence-electron chi connectivity index (χ3n) is 6.95. The number of carbonyl (C=O) groups excluding carboxylic acids is 1. The minimum atomic E-state index is -3.86. The molecule has 12 heteroatoms. The number of thiazole rings is 1. The number of carbonyl (C=O) groups is 1. The molecule has 2 fully saturated rings. The summed E-state index contributed by atoms with van der Waals surface area (Å²) in [6, 6.07) is 11.4. The van der Waals surface area contributed by atoms with Crippen LogP contribution in [0, 0.1) is 0 Å². The minimum Gasteiger partial charge on any atom is -0.497 e. The highest BCUT2D eigenvalue weighted by Crippen LogP contribution is 2.34. The Morgan fingerprint density at radius 3 is 2.68 bits per heavy atom. The van der Waals surface area contributed by atoms with E-state index in [0.717, 1.165) is 54.0 Å². The van der Waals surface area contributed by atoms with E-state index in [1.807, 2.05) is 18.2 Å². The molecule has 2 aliphatic heterocycles. The number of methoxy groups -OCH3 is 1. The lowest BCUT2D eigenvalue weighted by molar-refractivity contribution is -0.121. The summed E-state index contributed by atoms with van der Waals surface area (Å²) in [5.74, 6) is 0.353. The smallest absolute Gasteiger partial charge is 0.247 e. The molecule has 1 atom stereocenters. The summed E-state index contributed by atoms with van der Waals surface area (Å²) in [4.78, 5) is 23.0. The Bertz CT molecular complexity index is 1380. The molecule has 0 N–H and O–H groups in total. The van der Waals surface area contributed by atoms with Crippen molar-refractivity contribution in [2.24, 2.45) is 0 Å². The molecule has 2 aliphatic rings. The number of benzene rings is 2. The highest BCUT2D eigenvalue weighted by molar-refractivity contribution is 9.10. The largest absolute Gasteiger partial charge is 0.497 e. The van der Waals surface area contributed by atoms with E-state index >= 15 is 0 Å². The van der Waals surface area contributed by atoms with Gasteiger partial charge in [0, 0.05) is 37.2 Å². The van der Waals surface area contributed by atoms with Gasteiger partial charge in [0.25, 0.3) is 0 Å². The van der Waals surface area contributed by atoms with Gasteiger partial charge in [-0.2, -0.15) is 4.31 Å². The zero-order valence-corrected chi connectivity index (χ0v) is 24.4. The molecule has 0 spiro atoms. The van der Waals surface area contributed by atoms with Gasteiger partial charge in [0.2, 0.25) is 15.9 Å². The molecule has 3 aromatic rings. The van der Waals surface area contributed by atoms with Crippen molar-refractivity contribution in [2.45, 2.75) is 30.2 Å². The van der Waals surface area contributed by atoms with Crippen molar-refractivity contribution in [2.75, 3.05) is 57.9 Å². The summed E-state index contributed by atoms with van der Waals surface area (Å²) in [6.45, 7) is 4.79. The summed E-state index contributed by atoms with van der Waals surface area (Å²) < 4.78 is 41.1. The number of ether oxygens (including phenoxy) is 2. The van der Waals surface area contributed by atoms with Crippen molar-refractivity contribution in [1.29, 1.82) is 0 Å². The molecular formula is C26H31BrN4O5S2. The molecule has 0 bridgehead atoms. The molecule has 1 unspecified atom stereocenters. The predicted molar refractivity (Wildman–Crippen MR) is 151 cm³/mol. The lowest BCUT2D eigenvalue weighted by Gasteiger charge is -2.30. The summed E-state index contributed by atoms with van der Waals surface area (Å²) in [7, 11) is -2.32. The molecule has 9 nitrogen and oxygen atoms in total. The van der Waals surface area contributed by atoms with E-state index in [4.69, 9.17) is 14.5 Å². The molecule has 204 valence electrons. The topological polar surface area (TPSA) is 92.3 Å². The van der Waals surface area contributed by atoms with Crippen LogP contribution in [0.15, 0.2) is 51.8 Å². The molecule has 38 heavy (non-hydrogen) atoms. The van der Waals surface area contributed by atoms with Crippen LogP contribution in [0.25, 0.3) is 10.2 Å². The maximum Gasteiger partial charge on any atom is 0.247 e. The monoisotopic (exact) mass is 622 g/mol. The number of anilines is 1. The molecule has 0 radical (unpaired) electrons. The van der Waals surface area contributed by atoms with Crippen molar-refractivity contribution in [3.8, 4) is 5.75 Å². The molecule has 0 aliphatic carbocycles. The summed E-state index contributed by atoms with van der Waals surface area (Å²) in [5.41, 5.74) is 0.813. The van der Waals surface area contributed by atoms with Gasteiger partial charge in [-0.1, -0.05) is 27.3 Å². The Hall–Kier alpha value is -2.09. The number of amides is 1. The molecule has 5 rings (SSSR count). The van der Waals surface area contributed by atoms with E-state index in [2.05, 4.69) is 20.8 Å². The Balaban J connectivity index is 1.40. The lowest BCUT2D eigenvalue weighted by atomic mass is 10.2. The Labute approximate surface area is 235 Å². The zero-order valence-electron chi connectivity index (χ0n) is 21.2. The van der Waals surface area contributed by atoms with Crippen LogP contribution in [0.4, 0.5) is 5.13 Å². The van der Waals surface area contributed by atoms with Gasteiger partial charge in [-0.25, -0.2) is 13.4 Å². The van der Waals surface area contributed by atoms with Crippen molar-refractivity contribution in [1.82, 2.24) is 14.2 Å². The first-order valence-electron chi connectivity index (χ1n) is 12.7. The van der Waals surface area contributed by atoms with Gasteiger partial charge >= 0.3 is 0 Å². The van der Waals surface area contributed by atoms with Crippen LogP contribution in [0.1, 0.15) is 19.3 Å². The highest BCUT2D eigenvalue weighted by Gasteiger charge is 2.42. The maximum absolute atomic E-state index is 14.1. The SMILES string of the molecule is COc1ccc(S(=O)(=O)N2CCCC2C(=O)N(CCCN2CCOCC2)c2nc3ccc(Br)cc3s2)cc1. The molecule has 1 amide bonds. The van der Waals surface area contributed by atoms with Crippen LogP contribution in [0.3, 0.4) is 0 Å². The second-order valence-corrected chi connectivity index (χ2v) is 13.2. The third-order valence-corrected chi connectivity index (χ3v) is 10.4. The molecule has 3 heterocycles. The van der Waals surface area contributed by atoms with Gasteiger partial charge in [0.15, 0.2) is 5.13 Å². The molecule has 0 saturated carbocycles. The first-order chi connectivity index (χ1) is 18.4. The van der Waals surface area contributed by atoms with Gasteiger partial charge in [0.1, 0.15) is 11.8 Å². The standard InChI is InChI=1S/C26H31BrN4O5S2/c1-35-20-6-8-21(9-7-20)38(33,34)31-13-2-4-23(31)25(32)30(12-3-11-29-14-16-36-17-15-29)26-28-22-10-5-19(27)18-24(22)37-26/h5-10,18,23H,2-4,11-17H2,1H3. The number of halogens is 1. The Kier molecular flexibility index (Phi) is 8.65. The zero-order chi connectivity index (χ0) is 26.7. The van der Waals surface area contributed by atoms with Gasteiger partial charge in [0.05, 0.1) is 35.4 Å². The fourth-order valence-electron chi connectivity index (χ4n) is 4.92. The van der Waals surface area contributed by atoms with Gasteiger partial charge < -0.3 is 9.47 Å². The second kappa shape index (κ2) is 12.0. The quantitative estimate of drug-likeness (QED) is 0.356. The van der Waals surface area contributed by atoms with Gasteiger partial charge in [-0.05, 0) is 61.7 Å². The fourth-order valence-corrected chi connectivity index (χ4v) is 8.12. The van der Waals surface area contributed by atoms with Gasteiger partial charge in [-0.15, -0.1) is 0 Å². The van der Waals surface area contributed by atoms with E-state index in [1.54, 1.807) is 17.0 Å². The first-order valence-corrected chi connectivity index (χ1v) is 15.8. The van der Waals surface area contributed by atoms with E-state index < -0.39 is 16.1 Å². The van der Waals surface area contributed by atoms with Crippen LogP contribution in [-0.2, 0) is 19.6 Å². The third kappa shape index (κ3) is 5.90. The van der Waals surface area contributed by atoms with Crippen LogP contribution < -0.4 is 9.64 Å². The fraction of sp³-hybridized carbons (Fsp3) is 0.462. The van der Waals surface area contributed by atoms with E-state index in [1.165, 1.54) is 34.9 Å². The summed E-state index contributed by atoms with van der Waals surface area (Å²) >= 11 is 4.96. The van der Waals surface area contributed by atoms with E-state index in [-0.39, 0.29) is 10.8 Å². The van der Waals surface area contributed by atoms with Crippen molar-refractivity contribution < 1.29 is 22.7 Å². The number of sulfonamides is 1. The summed E-state index contributed by atoms with van der Waals surface area (Å²) in [6.07, 6.45) is 1.86. The van der Waals surface area contributed by atoms with Crippen molar-refractivity contribution in [3.05, 3.63) is 46.9 Å². The number of morpholine rings is 1. The maximum atomic E-state index is 14.1. The first kappa shape index (κ1) is 27.5. The molecule has 2 aromatic carbocycles. The average Bonchev–Trinajstić information content (AvgIpc) is 3.59. The molecule has 2 saturated heterocycles. The number of rotatable bonds is 9. The number of fused-ring (bicyclic) bond motifs is 1. The van der Waals surface area contributed by atoms with Crippen LogP contribution >= 0.6 is 27.3 Å². The van der Waals surface area contributed by atoms with E-state index in [9.17, 15) is 13.2 Å². The Morgan fingerprint density at radius 2 is 1.95 bits per heavy atom. The van der Waals surface area contributed by atoms with Crippen molar-refractivity contribution >= 4 is 58.5 Å². The van der Waals surface area contributed by atoms with Crippen molar-refractivity contribution in [3.63, 3.8) is 0 Å². The van der Waals surface area contributed by atoms with Crippen LogP contribution in [-0.4, -0.2) is 87.6 Å². The number of nitrogens with zero attached hydrogens (tertiary/aromatic N) is 4. The van der Waals surface area contributed by atoms with E-state index in [0.29, 0.717) is 36.8 Å². The Morgan fingerprint density at radius 1 is 1.18 bits per heavy atom. The number of aromatic nitrogens is 1.